The predicted octanol–water partition coefficient (Wildman–Crippen LogP) is 0.966. The van der Waals surface area contributed by atoms with Crippen molar-refractivity contribution in [3.05, 3.63) is 0 Å². The molecule has 3 aliphatic heterocycles. The standard InChI is InChI=1S/C14H27N3/c1-15-6-3-13(4-7-15)5-8-17-11-14(12-17)9-16(2)10-14/h13H,3-12H2,1-2H3. The summed E-state index contributed by atoms with van der Waals surface area (Å²) < 4.78 is 0. The molecule has 0 unspecified atom stereocenters. The Bertz CT molecular complexity index is 257. The lowest BCUT2D eigenvalue weighted by Crippen LogP contribution is -2.71. The zero-order chi connectivity index (χ0) is 11.9. The second-order valence-corrected chi connectivity index (χ2v) is 6.92. The third-order valence-corrected chi connectivity index (χ3v) is 5.02. The van der Waals surface area contributed by atoms with Crippen LogP contribution in [0, 0.1) is 11.3 Å². The molecule has 0 N–H and O–H groups in total. The number of rotatable bonds is 3. The highest BCUT2D eigenvalue weighted by molar-refractivity contribution is 5.04. The first kappa shape index (κ1) is 11.9. The Morgan fingerprint density at radius 3 is 2.18 bits per heavy atom. The van der Waals surface area contributed by atoms with Gasteiger partial charge in [0.15, 0.2) is 0 Å². The summed E-state index contributed by atoms with van der Waals surface area (Å²) in [4.78, 5) is 7.61. The summed E-state index contributed by atoms with van der Waals surface area (Å²) >= 11 is 0. The van der Waals surface area contributed by atoms with Crippen LogP contribution in [0.15, 0.2) is 0 Å². The van der Waals surface area contributed by atoms with Crippen molar-refractivity contribution in [2.24, 2.45) is 11.3 Å². The molecule has 0 aromatic rings. The summed E-state index contributed by atoms with van der Waals surface area (Å²) in [6.07, 6.45) is 4.30. The van der Waals surface area contributed by atoms with Gasteiger partial charge in [-0.2, -0.15) is 0 Å². The van der Waals surface area contributed by atoms with E-state index in [1.807, 2.05) is 0 Å². The van der Waals surface area contributed by atoms with Crippen molar-refractivity contribution in [1.29, 1.82) is 0 Å². The maximum Gasteiger partial charge on any atom is 0.0212 e. The molecule has 3 aliphatic rings. The van der Waals surface area contributed by atoms with E-state index in [1.165, 1.54) is 65.1 Å². The van der Waals surface area contributed by atoms with Crippen molar-refractivity contribution < 1.29 is 0 Å². The van der Waals surface area contributed by atoms with Crippen molar-refractivity contribution in [2.45, 2.75) is 19.3 Å². The van der Waals surface area contributed by atoms with Crippen molar-refractivity contribution in [3.63, 3.8) is 0 Å². The van der Waals surface area contributed by atoms with Gasteiger partial charge in [0.25, 0.3) is 0 Å². The number of nitrogens with zero attached hydrogens (tertiary/aromatic N) is 3. The molecule has 3 heterocycles. The fourth-order valence-electron chi connectivity index (χ4n) is 4.08. The summed E-state index contributed by atoms with van der Waals surface area (Å²) in [6.45, 7) is 9.45. The Balaban J connectivity index is 1.31. The summed E-state index contributed by atoms with van der Waals surface area (Å²) in [5.41, 5.74) is 0.724. The van der Waals surface area contributed by atoms with Crippen molar-refractivity contribution in [3.8, 4) is 0 Å². The average molecular weight is 237 g/mol. The minimum Gasteiger partial charge on any atom is -0.306 e. The molecule has 3 heteroatoms. The van der Waals surface area contributed by atoms with E-state index in [2.05, 4.69) is 28.8 Å². The van der Waals surface area contributed by atoms with Crippen LogP contribution in [0.1, 0.15) is 19.3 Å². The molecule has 1 spiro atoms. The van der Waals surface area contributed by atoms with Gasteiger partial charge in [0.05, 0.1) is 0 Å². The monoisotopic (exact) mass is 237 g/mol. The number of hydrogen-bond acceptors (Lipinski definition) is 3. The molecule has 0 aliphatic carbocycles. The van der Waals surface area contributed by atoms with Crippen molar-refractivity contribution in [1.82, 2.24) is 14.7 Å². The minimum atomic E-state index is 0.724. The Morgan fingerprint density at radius 1 is 0.941 bits per heavy atom. The van der Waals surface area contributed by atoms with Gasteiger partial charge < -0.3 is 14.7 Å². The van der Waals surface area contributed by atoms with Crippen molar-refractivity contribution >= 4 is 0 Å². The molecule has 0 atom stereocenters. The largest absolute Gasteiger partial charge is 0.306 e. The highest BCUT2D eigenvalue weighted by atomic mass is 15.3. The molecule has 0 amide bonds. The summed E-state index contributed by atoms with van der Waals surface area (Å²) in [7, 11) is 4.49. The number of piperidine rings is 1. The van der Waals surface area contributed by atoms with Gasteiger partial charge in [0, 0.05) is 31.6 Å². The van der Waals surface area contributed by atoms with E-state index < -0.39 is 0 Å². The molecule has 0 saturated carbocycles. The third kappa shape index (κ3) is 2.51. The first-order chi connectivity index (χ1) is 8.15. The van der Waals surface area contributed by atoms with Crippen LogP contribution < -0.4 is 0 Å². The SMILES string of the molecule is CN1CCC(CCN2CC3(CN(C)C3)C2)CC1. The second-order valence-electron chi connectivity index (χ2n) is 6.92. The van der Waals surface area contributed by atoms with Crippen LogP contribution in [0.2, 0.25) is 0 Å². The molecule has 0 radical (unpaired) electrons. The molecule has 3 fully saturated rings. The highest BCUT2D eigenvalue weighted by Crippen LogP contribution is 2.38. The normalized spacial score (nSPS) is 31.4. The molecule has 3 rings (SSSR count). The first-order valence-corrected chi connectivity index (χ1v) is 7.25. The summed E-state index contributed by atoms with van der Waals surface area (Å²) in [6, 6.07) is 0. The van der Waals surface area contributed by atoms with E-state index >= 15 is 0 Å². The van der Waals surface area contributed by atoms with Crippen molar-refractivity contribution in [2.75, 3.05) is 59.9 Å². The van der Waals surface area contributed by atoms with E-state index in [0.29, 0.717) is 0 Å². The predicted molar refractivity (Wildman–Crippen MR) is 71.2 cm³/mol. The van der Waals surface area contributed by atoms with Gasteiger partial charge >= 0.3 is 0 Å². The van der Waals surface area contributed by atoms with Gasteiger partial charge in [-0.25, -0.2) is 0 Å². The molecule has 3 saturated heterocycles. The first-order valence-electron chi connectivity index (χ1n) is 7.25. The number of likely N-dealkylation sites (tertiary alicyclic amines) is 3. The van der Waals surface area contributed by atoms with Crippen LogP contribution >= 0.6 is 0 Å². The van der Waals surface area contributed by atoms with Crippen LogP contribution in [0.3, 0.4) is 0 Å². The average Bonchev–Trinajstić information content (AvgIpc) is 2.22. The van der Waals surface area contributed by atoms with E-state index in [9.17, 15) is 0 Å². The molecule has 17 heavy (non-hydrogen) atoms. The minimum absolute atomic E-state index is 0.724. The fraction of sp³-hybridized carbons (Fsp3) is 1.00. The lowest BCUT2D eigenvalue weighted by molar-refractivity contribution is -0.105. The molecular formula is C14H27N3. The van der Waals surface area contributed by atoms with E-state index in [1.54, 1.807) is 0 Å². The van der Waals surface area contributed by atoms with E-state index in [4.69, 9.17) is 0 Å². The molecule has 0 aromatic carbocycles. The smallest absolute Gasteiger partial charge is 0.0212 e. The second kappa shape index (κ2) is 4.52. The molecule has 3 nitrogen and oxygen atoms in total. The fourth-order valence-corrected chi connectivity index (χ4v) is 4.08. The van der Waals surface area contributed by atoms with Gasteiger partial charge in [-0.05, 0) is 58.9 Å². The van der Waals surface area contributed by atoms with Gasteiger partial charge in [-0.1, -0.05) is 0 Å². The van der Waals surface area contributed by atoms with E-state index in [0.717, 1.165) is 11.3 Å². The zero-order valence-corrected chi connectivity index (χ0v) is 11.5. The summed E-state index contributed by atoms with van der Waals surface area (Å²) in [5.74, 6) is 1.01. The van der Waals surface area contributed by atoms with Crippen LogP contribution in [0.25, 0.3) is 0 Å². The zero-order valence-electron chi connectivity index (χ0n) is 11.5. The molecular weight excluding hydrogens is 210 g/mol. The van der Waals surface area contributed by atoms with Gasteiger partial charge in [-0.15, -0.1) is 0 Å². The Labute approximate surface area is 106 Å². The van der Waals surface area contributed by atoms with Crippen LogP contribution in [0.5, 0.6) is 0 Å². The maximum atomic E-state index is 2.69. The van der Waals surface area contributed by atoms with Crippen LogP contribution in [-0.2, 0) is 0 Å². The highest BCUT2D eigenvalue weighted by Gasteiger charge is 2.49. The Morgan fingerprint density at radius 2 is 1.59 bits per heavy atom. The maximum absolute atomic E-state index is 2.69. The lowest BCUT2D eigenvalue weighted by atomic mass is 9.73. The Kier molecular flexibility index (Phi) is 3.18. The summed E-state index contributed by atoms with van der Waals surface area (Å²) in [5, 5.41) is 0. The van der Waals surface area contributed by atoms with E-state index in [-0.39, 0.29) is 0 Å². The quantitative estimate of drug-likeness (QED) is 0.724. The number of hydrogen-bond donors (Lipinski definition) is 0. The molecule has 0 aromatic heterocycles. The third-order valence-electron chi connectivity index (χ3n) is 5.02. The molecule has 0 bridgehead atoms. The van der Waals surface area contributed by atoms with Gasteiger partial charge in [-0.3, -0.25) is 0 Å². The van der Waals surface area contributed by atoms with Crippen LogP contribution in [-0.4, -0.2) is 74.6 Å². The Hall–Kier alpha value is -0.120. The van der Waals surface area contributed by atoms with Gasteiger partial charge in [0.1, 0.15) is 0 Å². The lowest BCUT2D eigenvalue weighted by Gasteiger charge is -2.60. The van der Waals surface area contributed by atoms with Gasteiger partial charge in [0.2, 0.25) is 0 Å². The molecule has 98 valence electrons. The topological polar surface area (TPSA) is 9.72 Å². The van der Waals surface area contributed by atoms with Crippen LogP contribution in [0.4, 0.5) is 0 Å².